The molecule has 30 heavy (non-hydrogen) atoms. The fourth-order valence-corrected chi connectivity index (χ4v) is 3.92. The minimum Gasteiger partial charge on any atom is -0.350 e. The van der Waals surface area contributed by atoms with Gasteiger partial charge in [-0.25, -0.2) is 4.98 Å². The van der Waals surface area contributed by atoms with Crippen LogP contribution >= 0.6 is 0 Å². The maximum atomic E-state index is 13.0. The van der Waals surface area contributed by atoms with E-state index in [0.717, 1.165) is 42.8 Å². The number of imidazole rings is 1. The Morgan fingerprint density at radius 3 is 2.50 bits per heavy atom. The van der Waals surface area contributed by atoms with Crippen molar-refractivity contribution in [1.82, 2.24) is 24.8 Å². The molecule has 4 rings (SSSR count). The maximum absolute atomic E-state index is 13.0. The number of fused-ring (bicyclic) bond motifs is 1. The third-order valence-corrected chi connectivity index (χ3v) is 5.52. The van der Waals surface area contributed by atoms with Gasteiger partial charge in [0.25, 0.3) is 5.91 Å². The number of amides is 2. The van der Waals surface area contributed by atoms with Crippen molar-refractivity contribution < 1.29 is 9.59 Å². The van der Waals surface area contributed by atoms with Crippen molar-refractivity contribution in [2.24, 2.45) is 0 Å². The van der Waals surface area contributed by atoms with Gasteiger partial charge in [-0.3, -0.25) is 14.6 Å². The van der Waals surface area contributed by atoms with Crippen LogP contribution in [0, 0.1) is 0 Å². The number of hydrogen-bond donors (Lipinski definition) is 1. The van der Waals surface area contributed by atoms with Crippen molar-refractivity contribution in [2.45, 2.75) is 38.6 Å². The fourth-order valence-electron chi connectivity index (χ4n) is 3.92. The number of pyridine rings is 1. The molecule has 7 nitrogen and oxygen atoms in total. The molecule has 0 atom stereocenters. The maximum Gasteiger partial charge on any atom is 0.269 e. The minimum absolute atomic E-state index is 0.138. The molecule has 0 bridgehead atoms. The number of benzene rings is 1. The van der Waals surface area contributed by atoms with Crippen LogP contribution in [0.15, 0.2) is 48.7 Å². The first-order chi connectivity index (χ1) is 14.7. The van der Waals surface area contributed by atoms with E-state index in [1.807, 2.05) is 33.7 Å². The van der Waals surface area contributed by atoms with Gasteiger partial charge >= 0.3 is 0 Å². The van der Waals surface area contributed by atoms with Crippen molar-refractivity contribution >= 4 is 22.8 Å². The van der Waals surface area contributed by atoms with E-state index in [1.54, 1.807) is 24.4 Å². The molecule has 0 aliphatic carbocycles. The summed E-state index contributed by atoms with van der Waals surface area (Å²) in [5.41, 5.74) is 2.21. The van der Waals surface area contributed by atoms with Gasteiger partial charge in [0.2, 0.25) is 5.91 Å². The van der Waals surface area contributed by atoms with Crippen molar-refractivity contribution in [2.75, 3.05) is 19.6 Å². The fraction of sp³-hybridized carbons (Fsp3) is 0.391. The summed E-state index contributed by atoms with van der Waals surface area (Å²) in [7, 11) is 0. The molecule has 0 spiro atoms. The second kappa shape index (κ2) is 9.52. The van der Waals surface area contributed by atoms with Crippen molar-refractivity contribution in [3.05, 3.63) is 60.2 Å². The lowest BCUT2D eigenvalue weighted by atomic mass is 10.2. The van der Waals surface area contributed by atoms with Crippen LogP contribution in [-0.4, -0.2) is 50.9 Å². The van der Waals surface area contributed by atoms with E-state index < -0.39 is 0 Å². The standard InChI is InChI=1S/C23H27N5O2/c29-22(27-15-7-1-2-8-16-27)17-28-20-11-4-3-9-18(20)26-21(28)12-14-25-23(30)19-10-5-6-13-24-19/h3-6,9-11,13H,1-2,7-8,12,14-17H2,(H,25,30). The van der Waals surface area contributed by atoms with E-state index in [-0.39, 0.29) is 18.4 Å². The molecule has 0 saturated carbocycles. The molecule has 1 aliphatic rings. The predicted octanol–water partition coefficient (Wildman–Crippen LogP) is 2.81. The lowest BCUT2D eigenvalue weighted by Crippen LogP contribution is -2.35. The van der Waals surface area contributed by atoms with Crippen LogP contribution in [0.4, 0.5) is 0 Å². The highest BCUT2D eigenvalue weighted by Crippen LogP contribution is 2.18. The Hall–Kier alpha value is -3.22. The summed E-state index contributed by atoms with van der Waals surface area (Å²) in [6.07, 6.45) is 6.67. The Morgan fingerprint density at radius 1 is 0.967 bits per heavy atom. The molecular weight excluding hydrogens is 378 g/mol. The molecule has 1 saturated heterocycles. The quantitative estimate of drug-likeness (QED) is 0.684. The van der Waals surface area contributed by atoms with Crippen LogP contribution in [0.3, 0.4) is 0 Å². The molecule has 2 aromatic heterocycles. The highest BCUT2D eigenvalue weighted by molar-refractivity contribution is 5.92. The van der Waals surface area contributed by atoms with Crippen molar-refractivity contribution in [3.63, 3.8) is 0 Å². The van der Waals surface area contributed by atoms with Crippen LogP contribution in [0.1, 0.15) is 42.0 Å². The Balaban J connectivity index is 1.47. The molecule has 1 N–H and O–H groups in total. The highest BCUT2D eigenvalue weighted by atomic mass is 16.2. The van der Waals surface area contributed by atoms with E-state index >= 15 is 0 Å². The average molecular weight is 406 g/mol. The Kier molecular flexibility index (Phi) is 6.37. The van der Waals surface area contributed by atoms with E-state index in [4.69, 9.17) is 4.98 Å². The van der Waals surface area contributed by atoms with Gasteiger partial charge in [-0.15, -0.1) is 0 Å². The first kappa shape index (κ1) is 20.1. The molecule has 3 aromatic rings. The number of nitrogens with zero attached hydrogens (tertiary/aromatic N) is 4. The van der Waals surface area contributed by atoms with E-state index in [9.17, 15) is 9.59 Å². The largest absolute Gasteiger partial charge is 0.350 e. The third-order valence-electron chi connectivity index (χ3n) is 5.52. The Bertz CT molecular complexity index is 1010. The van der Waals surface area contributed by atoms with Crippen LogP contribution in [0.5, 0.6) is 0 Å². The summed E-state index contributed by atoms with van der Waals surface area (Å²) in [4.78, 5) is 36.0. The van der Waals surface area contributed by atoms with Crippen LogP contribution in [0.25, 0.3) is 11.0 Å². The first-order valence-electron chi connectivity index (χ1n) is 10.6. The average Bonchev–Trinajstić information content (AvgIpc) is 2.94. The molecule has 2 amide bonds. The topological polar surface area (TPSA) is 80.1 Å². The van der Waals surface area contributed by atoms with E-state index in [1.165, 1.54) is 12.8 Å². The van der Waals surface area contributed by atoms with Crippen LogP contribution in [0.2, 0.25) is 0 Å². The first-order valence-corrected chi connectivity index (χ1v) is 10.6. The van der Waals surface area contributed by atoms with Crippen LogP contribution < -0.4 is 5.32 Å². The number of nitrogens with one attached hydrogen (secondary N) is 1. The lowest BCUT2D eigenvalue weighted by molar-refractivity contribution is -0.131. The summed E-state index contributed by atoms with van der Waals surface area (Å²) in [5.74, 6) is 0.735. The van der Waals surface area contributed by atoms with Crippen molar-refractivity contribution in [3.8, 4) is 0 Å². The van der Waals surface area contributed by atoms with Gasteiger partial charge < -0.3 is 14.8 Å². The number of para-hydroxylation sites is 2. The molecule has 0 unspecified atom stereocenters. The molecule has 0 radical (unpaired) electrons. The predicted molar refractivity (Wildman–Crippen MR) is 115 cm³/mol. The minimum atomic E-state index is -0.209. The summed E-state index contributed by atoms with van der Waals surface area (Å²) < 4.78 is 2.00. The highest BCUT2D eigenvalue weighted by Gasteiger charge is 2.19. The molecule has 1 aromatic carbocycles. The molecule has 3 heterocycles. The SMILES string of the molecule is O=C(NCCc1nc2ccccc2n1CC(=O)N1CCCCCC1)c1ccccn1. The van der Waals surface area contributed by atoms with Crippen molar-refractivity contribution in [1.29, 1.82) is 0 Å². The van der Waals surface area contributed by atoms with Gasteiger partial charge in [-0.1, -0.05) is 31.0 Å². The lowest BCUT2D eigenvalue weighted by Gasteiger charge is -2.21. The van der Waals surface area contributed by atoms with Gasteiger partial charge in [-0.05, 0) is 37.1 Å². The second-order valence-electron chi connectivity index (χ2n) is 7.62. The smallest absolute Gasteiger partial charge is 0.269 e. The Labute approximate surface area is 176 Å². The Morgan fingerprint density at radius 2 is 1.73 bits per heavy atom. The number of carbonyl (C=O) groups is 2. The van der Waals surface area contributed by atoms with Crippen LogP contribution in [-0.2, 0) is 17.8 Å². The zero-order valence-corrected chi connectivity index (χ0v) is 17.1. The summed E-state index contributed by atoms with van der Waals surface area (Å²) in [5, 5.41) is 2.89. The molecule has 1 aliphatic heterocycles. The number of carbonyl (C=O) groups excluding carboxylic acids is 2. The monoisotopic (exact) mass is 405 g/mol. The number of likely N-dealkylation sites (tertiary alicyclic amines) is 1. The normalized spacial score (nSPS) is 14.5. The summed E-state index contributed by atoms with van der Waals surface area (Å²) >= 11 is 0. The molecule has 7 heteroatoms. The van der Waals surface area contributed by atoms with Gasteiger partial charge in [0.15, 0.2) is 0 Å². The van der Waals surface area contributed by atoms with E-state index in [2.05, 4.69) is 10.3 Å². The molecule has 1 fully saturated rings. The number of aromatic nitrogens is 3. The zero-order valence-electron chi connectivity index (χ0n) is 17.1. The third kappa shape index (κ3) is 4.67. The van der Waals surface area contributed by atoms with Gasteiger partial charge in [0.1, 0.15) is 18.1 Å². The zero-order chi connectivity index (χ0) is 20.8. The summed E-state index contributed by atoms with van der Waals surface area (Å²) in [6.45, 7) is 2.38. The number of hydrogen-bond acceptors (Lipinski definition) is 4. The number of rotatable bonds is 6. The van der Waals surface area contributed by atoms with Gasteiger partial charge in [0.05, 0.1) is 11.0 Å². The van der Waals surface area contributed by atoms with Gasteiger partial charge in [0, 0.05) is 32.3 Å². The van der Waals surface area contributed by atoms with Gasteiger partial charge in [-0.2, -0.15) is 0 Å². The molecular formula is C23H27N5O2. The summed E-state index contributed by atoms with van der Waals surface area (Å²) in [6, 6.07) is 13.1. The second-order valence-corrected chi connectivity index (χ2v) is 7.62. The molecule has 156 valence electrons. The van der Waals surface area contributed by atoms with E-state index in [0.29, 0.717) is 18.7 Å².